The third kappa shape index (κ3) is 1.37. The number of hydrogen-bond acceptors (Lipinski definition) is 3. The van der Waals surface area contributed by atoms with Crippen LogP contribution in [0.1, 0.15) is 41.5 Å². The molecular formula is C15H18N2S. The van der Waals surface area contributed by atoms with E-state index in [4.69, 9.17) is 10.7 Å². The molecule has 2 aromatic heterocycles. The molecule has 2 N–H and O–H groups in total. The average molecular weight is 258 g/mol. The molecule has 0 bridgehead atoms. The monoisotopic (exact) mass is 258 g/mol. The van der Waals surface area contributed by atoms with Crippen molar-refractivity contribution in [3.05, 3.63) is 21.7 Å². The fourth-order valence-corrected chi connectivity index (χ4v) is 4.93. The van der Waals surface area contributed by atoms with Gasteiger partial charge in [-0.25, -0.2) is 4.98 Å². The third-order valence-corrected chi connectivity index (χ3v) is 5.66. The molecule has 2 heterocycles. The van der Waals surface area contributed by atoms with Crippen molar-refractivity contribution in [2.24, 2.45) is 5.92 Å². The van der Waals surface area contributed by atoms with E-state index < -0.39 is 0 Å². The van der Waals surface area contributed by atoms with Crippen LogP contribution in [-0.4, -0.2) is 4.98 Å². The molecule has 2 aliphatic rings. The number of fused-ring (bicyclic) bond motifs is 4. The first-order valence-electron chi connectivity index (χ1n) is 6.95. The minimum atomic E-state index is 0.818. The SMILES string of the molecule is CC1CCc2c(sc3nc4c(c(N)c23)CCC4)C1. The maximum atomic E-state index is 6.44. The van der Waals surface area contributed by atoms with Crippen molar-refractivity contribution in [2.75, 3.05) is 5.73 Å². The molecule has 0 saturated heterocycles. The fraction of sp³-hybridized carbons (Fsp3) is 0.533. The first-order valence-corrected chi connectivity index (χ1v) is 7.77. The van der Waals surface area contributed by atoms with Crippen molar-refractivity contribution in [1.82, 2.24) is 4.98 Å². The van der Waals surface area contributed by atoms with E-state index in [1.165, 1.54) is 52.7 Å². The molecule has 0 fully saturated rings. The van der Waals surface area contributed by atoms with Crippen LogP contribution in [-0.2, 0) is 25.7 Å². The summed E-state index contributed by atoms with van der Waals surface area (Å²) in [6, 6.07) is 0. The van der Waals surface area contributed by atoms with Crippen LogP contribution in [0.5, 0.6) is 0 Å². The van der Waals surface area contributed by atoms with Crippen molar-refractivity contribution in [1.29, 1.82) is 0 Å². The van der Waals surface area contributed by atoms with Crippen molar-refractivity contribution in [2.45, 2.75) is 45.4 Å². The summed E-state index contributed by atoms with van der Waals surface area (Å²) in [7, 11) is 0. The predicted molar refractivity (Wildman–Crippen MR) is 77.2 cm³/mol. The van der Waals surface area contributed by atoms with Crippen molar-refractivity contribution < 1.29 is 0 Å². The van der Waals surface area contributed by atoms with Crippen LogP contribution in [0, 0.1) is 5.92 Å². The fourth-order valence-electron chi connectivity index (χ4n) is 3.51. The number of hydrogen-bond donors (Lipinski definition) is 1. The molecule has 2 aromatic rings. The highest BCUT2D eigenvalue weighted by Crippen LogP contribution is 2.42. The second-order valence-corrected chi connectivity index (χ2v) is 6.92. The maximum Gasteiger partial charge on any atom is 0.126 e. The molecule has 0 aliphatic heterocycles. The van der Waals surface area contributed by atoms with Crippen molar-refractivity contribution in [3.63, 3.8) is 0 Å². The number of anilines is 1. The number of thiophene rings is 1. The summed E-state index contributed by atoms with van der Waals surface area (Å²) >= 11 is 1.89. The second kappa shape index (κ2) is 3.70. The Labute approximate surface area is 111 Å². The molecule has 94 valence electrons. The highest BCUT2D eigenvalue weighted by molar-refractivity contribution is 7.19. The van der Waals surface area contributed by atoms with E-state index in [-0.39, 0.29) is 0 Å². The molecule has 1 atom stereocenters. The molecule has 1 unspecified atom stereocenters. The molecule has 3 heteroatoms. The van der Waals surface area contributed by atoms with Crippen LogP contribution in [0.3, 0.4) is 0 Å². The summed E-state index contributed by atoms with van der Waals surface area (Å²) in [5, 5.41) is 1.31. The molecule has 0 amide bonds. The highest BCUT2D eigenvalue weighted by atomic mass is 32.1. The van der Waals surface area contributed by atoms with E-state index in [0.29, 0.717) is 0 Å². The molecule has 0 spiro atoms. The predicted octanol–water partition coefficient (Wildman–Crippen LogP) is 3.49. The van der Waals surface area contributed by atoms with Gasteiger partial charge < -0.3 is 5.73 Å². The zero-order chi connectivity index (χ0) is 12.3. The topological polar surface area (TPSA) is 38.9 Å². The first-order chi connectivity index (χ1) is 8.74. The lowest BCUT2D eigenvalue weighted by Crippen LogP contribution is -2.09. The number of aromatic nitrogens is 1. The normalized spacial score (nSPS) is 22.2. The Balaban J connectivity index is 2.02. The van der Waals surface area contributed by atoms with Crippen LogP contribution in [0.4, 0.5) is 5.69 Å². The molecule has 4 rings (SSSR count). The lowest BCUT2D eigenvalue weighted by Gasteiger charge is -2.18. The van der Waals surface area contributed by atoms with Gasteiger partial charge in [0.2, 0.25) is 0 Å². The first kappa shape index (κ1) is 10.8. The lowest BCUT2D eigenvalue weighted by atomic mass is 9.88. The van der Waals surface area contributed by atoms with Gasteiger partial charge in [-0.15, -0.1) is 11.3 Å². The average Bonchev–Trinajstić information content (AvgIpc) is 2.92. The Hall–Kier alpha value is -1.09. The summed E-state index contributed by atoms with van der Waals surface area (Å²) in [6.45, 7) is 2.35. The van der Waals surface area contributed by atoms with Gasteiger partial charge in [-0.3, -0.25) is 0 Å². The standard InChI is InChI=1S/C15H18N2S/c1-8-5-6-10-12(7-8)18-15-13(10)14(16)9-3-2-4-11(9)17-15/h8H,2-7H2,1H3,(H2,16,17). The van der Waals surface area contributed by atoms with Gasteiger partial charge in [0, 0.05) is 21.6 Å². The van der Waals surface area contributed by atoms with E-state index in [2.05, 4.69) is 6.92 Å². The minimum Gasteiger partial charge on any atom is -0.398 e. The van der Waals surface area contributed by atoms with Crippen LogP contribution in [0.2, 0.25) is 0 Å². The summed E-state index contributed by atoms with van der Waals surface area (Å²) < 4.78 is 0. The Morgan fingerprint density at radius 1 is 1.22 bits per heavy atom. The summed E-state index contributed by atoms with van der Waals surface area (Å²) in [5.41, 5.74) is 11.6. The van der Waals surface area contributed by atoms with E-state index in [0.717, 1.165) is 24.4 Å². The Kier molecular flexibility index (Phi) is 2.22. The number of rotatable bonds is 0. The summed E-state index contributed by atoms with van der Waals surface area (Å²) in [4.78, 5) is 7.63. The number of pyridine rings is 1. The second-order valence-electron chi connectivity index (χ2n) is 5.84. The molecular weight excluding hydrogens is 240 g/mol. The van der Waals surface area contributed by atoms with Crippen LogP contribution in [0.15, 0.2) is 0 Å². The Bertz CT molecular complexity index is 642. The Morgan fingerprint density at radius 3 is 3.00 bits per heavy atom. The van der Waals surface area contributed by atoms with E-state index in [9.17, 15) is 0 Å². The number of aryl methyl sites for hydroxylation is 2. The van der Waals surface area contributed by atoms with E-state index >= 15 is 0 Å². The van der Waals surface area contributed by atoms with Gasteiger partial charge in [-0.05, 0) is 55.6 Å². The lowest BCUT2D eigenvalue weighted by molar-refractivity contribution is 0.509. The molecule has 2 nitrogen and oxygen atoms in total. The van der Waals surface area contributed by atoms with Crippen LogP contribution >= 0.6 is 11.3 Å². The third-order valence-electron chi connectivity index (χ3n) is 4.51. The van der Waals surface area contributed by atoms with Gasteiger partial charge >= 0.3 is 0 Å². The van der Waals surface area contributed by atoms with Gasteiger partial charge in [0.15, 0.2) is 0 Å². The van der Waals surface area contributed by atoms with Gasteiger partial charge in [0.25, 0.3) is 0 Å². The molecule has 0 aromatic carbocycles. The molecule has 18 heavy (non-hydrogen) atoms. The molecule has 0 radical (unpaired) electrons. The van der Waals surface area contributed by atoms with Crippen LogP contribution in [0.25, 0.3) is 10.2 Å². The van der Waals surface area contributed by atoms with Gasteiger partial charge in [0.05, 0.1) is 0 Å². The Morgan fingerprint density at radius 2 is 2.11 bits per heavy atom. The largest absolute Gasteiger partial charge is 0.398 e. The highest BCUT2D eigenvalue weighted by Gasteiger charge is 2.25. The van der Waals surface area contributed by atoms with Crippen molar-refractivity contribution in [3.8, 4) is 0 Å². The molecule has 2 aliphatic carbocycles. The van der Waals surface area contributed by atoms with Gasteiger partial charge in [-0.2, -0.15) is 0 Å². The zero-order valence-corrected chi connectivity index (χ0v) is 11.6. The maximum absolute atomic E-state index is 6.44. The molecule has 0 saturated carbocycles. The number of nitrogen functional groups attached to an aromatic ring is 1. The van der Waals surface area contributed by atoms with Gasteiger partial charge in [0.1, 0.15) is 4.83 Å². The van der Waals surface area contributed by atoms with E-state index in [1.807, 2.05) is 11.3 Å². The number of nitrogens with two attached hydrogens (primary N) is 1. The summed E-state index contributed by atoms with van der Waals surface area (Å²) in [6.07, 6.45) is 7.19. The van der Waals surface area contributed by atoms with Gasteiger partial charge in [-0.1, -0.05) is 6.92 Å². The number of nitrogens with zero attached hydrogens (tertiary/aromatic N) is 1. The quantitative estimate of drug-likeness (QED) is 0.785. The zero-order valence-electron chi connectivity index (χ0n) is 10.8. The summed E-state index contributed by atoms with van der Waals surface area (Å²) in [5.74, 6) is 0.818. The van der Waals surface area contributed by atoms with Crippen LogP contribution < -0.4 is 5.73 Å². The van der Waals surface area contributed by atoms with E-state index in [1.54, 1.807) is 4.88 Å². The minimum absolute atomic E-state index is 0.818. The smallest absolute Gasteiger partial charge is 0.126 e. The van der Waals surface area contributed by atoms with Crippen molar-refractivity contribution >= 4 is 27.2 Å².